The number of para-hydroxylation sites is 1. The normalized spacial score (nSPS) is 36.0. The Balaban J connectivity index is 1.92. The molecule has 6 heteroatoms. The number of amides is 3. The van der Waals surface area contributed by atoms with Crippen molar-refractivity contribution in [3.63, 3.8) is 0 Å². The minimum Gasteiger partial charge on any atom is -0.324 e. The number of benzene rings is 1. The van der Waals surface area contributed by atoms with Gasteiger partial charge < -0.3 is 5.32 Å². The van der Waals surface area contributed by atoms with E-state index in [1.54, 1.807) is 6.92 Å². The Morgan fingerprint density at radius 2 is 1.91 bits per heavy atom. The SMILES string of the molecule is CCN1C(=O)C2C(C)NC3(C(=O)Nc4ccccc43)C2C1=O. The number of fused-ring (bicyclic) bond motifs is 4. The summed E-state index contributed by atoms with van der Waals surface area (Å²) in [4.78, 5) is 39.3. The van der Waals surface area contributed by atoms with Gasteiger partial charge in [0.2, 0.25) is 17.7 Å². The maximum Gasteiger partial charge on any atom is 0.250 e. The summed E-state index contributed by atoms with van der Waals surface area (Å²) in [5, 5.41) is 6.11. The van der Waals surface area contributed by atoms with Crippen LogP contribution in [-0.2, 0) is 19.9 Å². The van der Waals surface area contributed by atoms with Gasteiger partial charge >= 0.3 is 0 Å². The van der Waals surface area contributed by atoms with Gasteiger partial charge in [-0.05, 0) is 19.9 Å². The van der Waals surface area contributed by atoms with Gasteiger partial charge in [0.15, 0.2) is 0 Å². The minimum absolute atomic E-state index is 0.174. The molecule has 2 N–H and O–H groups in total. The van der Waals surface area contributed by atoms with Crippen LogP contribution in [-0.4, -0.2) is 35.2 Å². The molecule has 0 saturated carbocycles. The van der Waals surface area contributed by atoms with Crippen LogP contribution in [0.2, 0.25) is 0 Å². The third-order valence-corrected chi connectivity index (χ3v) is 5.18. The highest BCUT2D eigenvalue weighted by atomic mass is 16.2. The second kappa shape index (κ2) is 4.16. The van der Waals surface area contributed by atoms with Crippen LogP contribution in [0, 0.1) is 11.8 Å². The topological polar surface area (TPSA) is 78.5 Å². The van der Waals surface area contributed by atoms with E-state index < -0.39 is 17.4 Å². The van der Waals surface area contributed by atoms with E-state index in [0.717, 1.165) is 5.56 Å². The molecular formula is C16H17N3O3. The molecule has 6 nitrogen and oxygen atoms in total. The molecule has 2 fully saturated rings. The molecule has 4 unspecified atom stereocenters. The smallest absolute Gasteiger partial charge is 0.250 e. The predicted octanol–water partition coefficient (Wildman–Crippen LogP) is 0.447. The van der Waals surface area contributed by atoms with E-state index in [1.807, 2.05) is 31.2 Å². The van der Waals surface area contributed by atoms with Crippen LogP contribution in [0.25, 0.3) is 0 Å². The van der Waals surface area contributed by atoms with Crippen LogP contribution in [0.5, 0.6) is 0 Å². The van der Waals surface area contributed by atoms with Crippen molar-refractivity contribution in [3.8, 4) is 0 Å². The van der Waals surface area contributed by atoms with E-state index in [2.05, 4.69) is 10.6 Å². The Kier molecular flexibility index (Phi) is 2.55. The van der Waals surface area contributed by atoms with Gasteiger partial charge in [-0.1, -0.05) is 18.2 Å². The summed E-state index contributed by atoms with van der Waals surface area (Å²) in [7, 11) is 0. The number of imide groups is 1. The van der Waals surface area contributed by atoms with Gasteiger partial charge in [-0.3, -0.25) is 24.6 Å². The van der Waals surface area contributed by atoms with E-state index >= 15 is 0 Å². The Hall–Kier alpha value is -2.21. The van der Waals surface area contributed by atoms with Gasteiger partial charge in [-0.25, -0.2) is 0 Å². The molecule has 3 heterocycles. The van der Waals surface area contributed by atoms with Gasteiger partial charge in [-0.2, -0.15) is 0 Å². The van der Waals surface area contributed by atoms with Crippen molar-refractivity contribution < 1.29 is 14.4 Å². The number of carbonyl (C=O) groups is 3. The summed E-state index contributed by atoms with van der Waals surface area (Å²) in [6.07, 6.45) is 0. The van der Waals surface area contributed by atoms with E-state index in [4.69, 9.17) is 0 Å². The molecule has 3 amide bonds. The average Bonchev–Trinajstić information content (AvgIpc) is 3.05. The average molecular weight is 299 g/mol. The summed E-state index contributed by atoms with van der Waals surface area (Å²) < 4.78 is 0. The van der Waals surface area contributed by atoms with Crippen LogP contribution in [0.1, 0.15) is 19.4 Å². The summed E-state index contributed by atoms with van der Waals surface area (Å²) in [6, 6.07) is 7.13. The standard InChI is InChI=1S/C16H17N3O3/c1-3-19-13(20)11-8(2)18-16(12(11)14(19)21)9-6-4-5-7-10(9)17-15(16)22/h4-8,11-12,18H,3H2,1-2H3,(H,17,22). The quantitative estimate of drug-likeness (QED) is 0.738. The zero-order chi connectivity index (χ0) is 15.6. The van der Waals surface area contributed by atoms with Crippen molar-refractivity contribution in [2.75, 3.05) is 11.9 Å². The number of nitrogens with zero attached hydrogens (tertiary/aromatic N) is 1. The fourth-order valence-corrected chi connectivity index (χ4v) is 4.29. The second-order valence-corrected chi connectivity index (χ2v) is 6.16. The summed E-state index contributed by atoms with van der Waals surface area (Å²) in [5.74, 6) is -1.82. The first kappa shape index (κ1) is 13.5. The third kappa shape index (κ3) is 1.31. The molecule has 4 atom stereocenters. The highest BCUT2D eigenvalue weighted by molar-refractivity contribution is 6.15. The zero-order valence-corrected chi connectivity index (χ0v) is 12.4. The molecule has 3 aliphatic rings. The zero-order valence-electron chi connectivity index (χ0n) is 12.4. The molecule has 22 heavy (non-hydrogen) atoms. The summed E-state index contributed by atoms with van der Waals surface area (Å²) in [6.45, 7) is 3.99. The third-order valence-electron chi connectivity index (χ3n) is 5.18. The molecule has 4 rings (SSSR count). The van der Waals surface area contributed by atoms with Gasteiger partial charge in [0.05, 0.1) is 11.8 Å². The number of hydrogen-bond acceptors (Lipinski definition) is 4. The van der Waals surface area contributed by atoms with Crippen molar-refractivity contribution in [2.24, 2.45) is 11.8 Å². The lowest BCUT2D eigenvalue weighted by atomic mass is 9.76. The molecule has 0 radical (unpaired) electrons. The largest absolute Gasteiger partial charge is 0.324 e. The monoisotopic (exact) mass is 299 g/mol. The van der Waals surface area contributed by atoms with Crippen LogP contribution in [0.15, 0.2) is 24.3 Å². The molecule has 0 bridgehead atoms. The first-order chi connectivity index (χ1) is 10.5. The lowest BCUT2D eigenvalue weighted by molar-refractivity contribution is -0.142. The van der Waals surface area contributed by atoms with Crippen LogP contribution < -0.4 is 10.6 Å². The van der Waals surface area contributed by atoms with Gasteiger partial charge in [0, 0.05) is 23.8 Å². The molecule has 2 saturated heterocycles. The summed E-state index contributed by atoms with van der Waals surface area (Å²) in [5.41, 5.74) is 0.346. The first-order valence-electron chi connectivity index (χ1n) is 7.56. The molecule has 1 aromatic carbocycles. The van der Waals surface area contributed by atoms with Crippen molar-refractivity contribution >= 4 is 23.4 Å². The first-order valence-corrected chi connectivity index (χ1v) is 7.56. The number of carbonyl (C=O) groups excluding carboxylic acids is 3. The Labute approximate surface area is 127 Å². The Morgan fingerprint density at radius 3 is 2.64 bits per heavy atom. The van der Waals surface area contributed by atoms with Crippen molar-refractivity contribution in [1.82, 2.24) is 10.2 Å². The molecule has 0 aromatic heterocycles. The molecular weight excluding hydrogens is 282 g/mol. The molecule has 3 aliphatic heterocycles. The predicted molar refractivity (Wildman–Crippen MR) is 78.7 cm³/mol. The van der Waals surface area contributed by atoms with E-state index in [9.17, 15) is 14.4 Å². The lowest BCUT2D eigenvalue weighted by Gasteiger charge is -2.28. The molecule has 1 aromatic rings. The van der Waals surface area contributed by atoms with Gasteiger partial charge in [0.25, 0.3) is 0 Å². The maximum atomic E-state index is 12.8. The van der Waals surface area contributed by atoms with Gasteiger partial charge in [0.1, 0.15) is 5.54 Å². The number of rotatable bonds is 1. The van der Waals surface area contributed by atoms with Crippen LogP contribution >= 0.6 is 0 Å². The number of nitrogens with one attached hydrogen (secondary N) is 2. The second-order valence-electron chi connectivity index (χ2n) is 6.16. The molecule has 0 aliphatic carbocycles. The van der Waals surface area contributed by atoms with Crippen LogP contribution in [0.4, 0.5) is 5.69 Å². The van der Waals surface area contributed by atoms with E-state index in [1.165, 1.54) is 4.90 Å². The number of likely N-dealkylation sites (tertiary alicyclic amines) is 1. The van der Waals surface area contributed by atoms with Crippen LogP contribution in [0.3, 0.4) is 0 Å². The summed E-state index contributed by atoms with van der Waals surface area (Å²) >= 11 is 0. The lowest BCUT2D eigenvalue weighted by Crippen LogP contribution is -2.52. The highest BCUT2D eigenvalue weighted by Gasteiger charge is 2.69. The fourth-order valence-electron chi connectivity index (χ4n) is 4.29. The maximum absolute atomic E-state index is 12.8. The number of anilines is 1. The van der Waals surface area contributed by atoms with Gasteiger partial charge in [-0.15, -0.1) is 0 Å². The van der Waals surface area contributed by atoms with E-state index in [0.29, 0.717) is 12.2 Å². The highest BCUT2D eigenvalue weighted by Crippen LogP contribution is 2.52. The van der Waals surface area contributed by atoms with Crippen molar-refractivity contribution in [3.05, 3.63) is 29.8 Å². The van der Waals surface area contributed by atoms with Crippen molar-refractivity contribution in [2.45, 2.75) is 25.4 Å². The fraction of sp³-hybridized carbons (Fsp3) is 0.438. The molecule has 114 valence electrons. The minimum atomic E-state index is -1.13. The number of hydrogen-bond donors (Lipinski definition) is 2. The van der Waals surface area contributed by atoms with Crippen molar-refractivity contribution in [1.29, 1.82) is 0 Å². The Morgan fingerprint density at radius 1 is 1.18 bits per heavy atom. The van der Waals surface area contributed by atoms with E-state index in [-0.39, 0.29) is 23.8 Å². The Bertz CT molecular complexity index is 716. The molecule has 1 spiro atoms.